The molecular weight excluding hydrogens is 528 g/mol. The van der Waals surface area contributed by atoms with E-state index in [1.54, 1.807) is 12.1 Å². The molecule has 0 aromatic heterocycles. The Bertz CT molecular complexity index is 1270. The van der Waals surface area contributed by atoms with Crippen LogP contribution in [0.1, 0.15) is 18.4 Å². The molecule has 0 saturated carbocycles. The predicted molar refractivity (Wildman–Crippen MR) is 155 cm³/mol. The van der Waals surface area contributed by atoms with Crippen LogP contribution in [0.5, 0.6) is 17.2 Å². The highest BCUT2D eigenvalue weighted by Gasteiger charge is 2.49. The number of phenols is 1. The minimum atomic E-state index is -1.19. The van der Waals surface area contributed by atoms with E-state index in [4.69, 9.17) is 14.2 Å². The van der Waals surface area contributed by atoms with E-state index < -0.39 is 16.8 Å². The topological polar surface area (TPSA) is 91.7 Å². The summed E-state index contributed by atoms with van der Waals surface area (Å²) in [6.45, 7) is 4.81. The van der Waals surface area contributed by atoms with Gasteiger partial charge >= 0.3 is 5.97 Å². The summed E-state index contributed by atoms with van der Waals surface area (Å²) < 4.78 is 16.0. The van der Waals surface area contributed by atoms with Crippen LogP contribution in [0, 0.1) is 0 Å². The number of rotatable bonds is 9. The van der Waals surface area contributed by atoms with Crippen LogP contribution in [0.15, 0.2) is 77.7 Å². The number of aromatic hydroxyl groups is 1. The molecule has 2 aliphatic heterocycles. The van der Waals surface area contributed by atoms with Crippen LogP contribution in [-0.4, -0.2) is 78.4 Å². The second kappa shape index (κ2) is 12.8. The highest BCUT2D eigenvalue weighted by molar-refractivity contribution is 8.01. The third kappa shape index (κ3) is 6.49. The maximum absolute atomic E-state index is 13.2. The van der Waals surface area contributed by atoms with Gasteiger partial charge in [-0.3, -0.25) is 9.69 Å². The molecule has 0 amide bonds. The van der Waals surface area contributed by atoms with Gasteiger partial charge in [0.2, 0.25) is 0 Å². The van der Waals surface area contributed by atoms with Gasteiger partial charge in [0.05, 0.1) is 12.0 Å². The van der Waals surface area contributed by atoms with Crippen LogP contribution in [0.4, 0.5) is 5.69 Å². The number of hydrogen-bond acceptors (Lipinski definition) is 9. The minimum absolute atomic E-state index is 0.00459. The molecule has 0 spiro atoms. The molecule has 2 unspecified atom stereocenters. The van der Waals surface area contributed by atoms with Crippen LogP contribution in [0.25, 0.3) is 0 Å². The number of carbonyl (C=O) groups is 1. The molecule has 2 heterocycles. The third-order valence-corrected chi connectivity index (χ3v) is 9.08. The Hall–Kier alpha value is -3.40. The normalized spacial score (nSPS) is 21.1. The number of piperazine rings is 1. The number of carbonyl (C=O) groups excluding carboxylic acids is 1. The standard InChI is InChI=1S/C31H36N2O6S/c1-37-30(36)31(14-5-15-32-16-18-33(19-17-32)24-8-10-25(34)11-9-24)29(35)22-39-27-13-12-26(20-28(27)40-31)38-21-23-6-3-2-4-7-23/h2-4,6-13,20,29,34-35H,5,14-19,21-22H2,1H3. The average Bonchev–Trinajstić information content (AvgIpc) is 3.13. The lowest BCUT2D eigenvalue weighted by Crippen LogP contribution is -2.50. The molecule has 2 aliphatic rings. The molecule has 40 heavy (non-hydrogen) atoms. The minimum Gasteiger partial charge on any atom is -0.508 e. The molecule has 0 radical (unpaired) electrons. The highest BCUT2D eigenvalue weighted by Crippen LogP contribution is 2.47. The molecule has 9 heteroatoms. The van der Waals surface area contributed by atoms with E-state index in [0.717, 1.165) is 55.3 Å². The summed E-state index contributed by atoms with van der Waals surface area (Å²) >= 11 is 1.31. The first-order valence-corrected chi connectivity index (χ1v) is 14.4. The maximum Gasteiger partial charge on any atom is 0.325 e. The van der Waals surface area contributed by atoms with Gasteiger partial charge in [0.15, 0.2) is 0 Å². The predicted octanol–water partition coefficient (Wildman–Crippen LogP) is 4.33. The van der Waals surface area contributed by atoms with Crippen molar-refractivity contribution in [3.63, 3.8) is 0 Å². The first kappa shape index (κ1) is 28.1. The lowest BCUT2D eigenvalue weighted by Gasteiger charge is -2.37. The fraction of sp³-hybridized carbons (Fsp3) is 0.387. The van der Waals surface area contributed by atoms with Crippen molar-refractivity contribution in [2.75, 3.05) is 51.3 Å². The highest BCUT2D eigenvalue weighted by atomic mass is 32.2. The zero-order chi connectivity index (χ0) is 28.0. The van der Waals surface area contributed by atoms with Crippen LogP contribution < -0.4 is 14.4 Å². The number of ether oxygens (including phenoxy) is 3. The number of fused-ring (bicyclic) bond motifs is 1. The van der Waals surface area contributed by atoms with Crippen molar-refractivity contribution in [2.24, 2.45) is 0 Å². The Morgan fingerprint density at radius 1 is 1.05 bits per heavy atom. The molecule has 0 aliphatic carbocycles. The third-order valence-electron chi connectivity index (χ3n) is 7.53. The molecule has 3 aromatic carbocycles. The van der Waals surface area contributed by atoms with Gasteiger partial charge < -0.3 is 29.3 Å². The van der Waals surface area contributed by atoms with Gasteiger partial charge in [0.25, 0.3) is 0 Å². The Morgan fingerprint density at radius 2 is 1.80 bits per heavy atom. The van der Waals surface area contributed by atoms with Gasteiger partial charge in [-0.15, -0.1) is 11.8 Å². The second-order valence-electron chi connectivity index (χ2n) is 10.1. The van der Waals surface area contributed by atoms with Gasteiger partial charge in [0.1, 0.15) is 41.3 Å². The van der Waals surface area contributed by atoms with Gasteiger partial charge in [-0.1, -0.05) is 30.3 Å². The Morgan fingerprint density at radius 3 is 2.52 bits per heavy atom. The second-order valence-corrected chi connectivity index (χ2v) is 11.5. The SMILES string of the molecule is COC(=O)C1(CCCN2CCN(c3ccc(O)cc3)CC2)Sc2cc(OCc3ccccc3)ccc2OCC1O. The molecule has 3 aromatic rings. The number of aliphatic hydroxyl groups is 1. The van der Waals surface area contributed by atoms with Crippen molar-refractivity contribution < 1.29 is 29.2 Å². The van der Waals surface area contributed by atoms with E-state index in [9.17, 15) is 15.0 Å². The quantitative estimate of drug-likeness (QED) is 0.369. The van der Waals surface area contributed by atoms with E-state index in [1.165, 1.54) is 18.9 Å². The van der Waals surface area contributed by atoms with Gasteiger partial charge in [-0.05, 0) is 67.4 Å². The van der Waals surface area contributed by atoms with E-state index in [1.807, 2.05) is 60.7 Å². The summed E-state index contributed by atoms with van der Waals surface area (Å²) in [5, 5.41) is 20.8. The lowest BCUT2D eigenvalue weighted by molar-refractivity contribution is -0.147. The fourth-order valence-electron chi connectivity index (χ4n) is 5.21. The number of methoxy groups -OCH3 is 1. The summed E-state index contributed by atoms with van der Waals surface area (Å²) in [5.74, 6) is 1.10. The first-order valence-electron chi connectivity index (χ1n) is 13.6. The van der Waals surface area contributed by atoms with Crippen LogP contribution in [-0.2, 0) is 16.1 Å². The van der Waals surface area contributed by atoms with E-state index >= 15 is 0 Å². The summed E-state index contributed by atoms with van der Waals surface area (Å²) in [7, 11) is 1.37. The van der Waals surface area contributed by atoms with E-state index in [-0.39, 0.29) is 12.4 Å². The number of nitrogens with zero attached hydrogens (tertiary/aromatic N) is 2. The van der Waals surface area contributed by atoms with Gasteiger partial charge in [-0.25, -0.2) is 0 Å². The molecular formula is C31H36N2O6S. The molecule has 212 valence electrons. The molecule has 0 bridgehead atoms. The molecule has 5 rings (SSSR count). The monoisotopic (exact) mass is 564 g/mol. The van der Waals surface area contributed by atoms with Crippen molar-refractivity contribution in [1.82, 2.24) is 4.90 Å². The van der Waals surface area contributed by atoms with Crippen LogP contribution in [0.3, 0.4) is 0 Å². The van der Waals surface area contributed by atoms with Crippen LogP contribution in [0.2, 0.25) is 0 Å². The van der Waals surface area contributed by atoms with Crippen molar-refractivity contribution in [3.8, 4) is 17.2 Å². The van der Waals surface area contributed by atoms with E-state index in [0.29, 0.717) is 24.5 Å². The summed E-state index contributed by atoms with van der Waals surface area (Å²) in [4.78, 5) is 18.7. The number of anilines is 1. The average molecular weight is 565 g/mol. The summed E-state index contributed by atoms with van der Waals surface area (Å²) in [5.41, 5.74) is 2.16. The maximum atomic E-state index is 13.2. The molecule has 2 N–H and O–H groups in total. The van der Waals surface area contributed by atoms with Crippen molar-refractivity contribution in [3.05, 3.63) is 78.4 Å². The fourth-order valence-corrected chi connectivity index (χ4v) is 6.63. The number of hydrogen-bond donors (Lipinski definition) is 2. The number of aliphatic hydroxyl groups excluding tert-OH is 1. The number of thioether (sulfide) groups is 1. The Kier molecular flexibility index (Phi) is 9.04. The largest absolute Gasteiger partial charge is 0.508 e. The molecule has 8 nitrogen and oxygen atoms in total. The van der Waals surface area contributed by atoms with Gasteiger partial charge in [0, 0.05) is 31.9 Å². The van der Waals surface area contributed by atoms with Gasteiger partial charge in [-0.2, -0.15) is 0 Å². The smallest absolute Gasteiger partial charge is 0.325 e. The Balaban J connectivity index is 1.23. The molecule has 1 fully saturated rings. The number of benzene rings is 3. The lowest BCUT2D eigenvalue weighted by atomic mass is 9.95. The molecule has 1 saturated heterocycles. The molecule has 2 atom stereocenters. The first-order chi connectivity index (χ1) is 19.5. The number of esters is 1. The summed E-state index contributed by atoms with van der Waals surface area (Å²) in [6.07, 6.45) is 0.136. The van der Waals surface area contributed by atoms with Crippen LogP contribution >= 0.6 is 11.8 Å². The van der Waals surface area contributed by atoms with Crippen molar-refractivity contribution in [2.45, 2.75) is 35.2 Å². The summed E-state index contributed by atoms with van der Waals surface area (Å²) in [6, 6.07) is 22.8. The van der Waals surface area contributed by atoms with E-state index in [2.05, 4.69) is 9.80 Å². The van der Waals surface area contributed by atoms with Crippen molar-refractivity contribution in [1.29, 1.82) is 0 Å². The van der Waals surface area contributed by atoms with Crippen molar-refractivity contribution >= 4 is 23.4 Å². The zero-order valence-corrected chi connectivity index (χ0v) is 23.5. The number of phenolic OH excluding ortho intramolecular Hbond substituents is 1. The zero-order valence-electron chi connectivity index (χ0n) is 22.7. The Labute approximate surface area is 239 Å².